The lowest BCUT2D eigenvalue weighted by molar-refractivity contribution is 0.533. The monoisotopic (exact) mass is 340 g/mol. The van der Waals surface area contributed by atoms with E-state index in [0.29, 0.717) is 28.6 Å². The predicted octanol–water partition coefficient (Wildman–Crippen LogP) is 4.35. The van der Waals surface area contributed by atoms with Gasteiger partial charge in [-0.3, -0.25) is 0 Å². The van der Waals surface area contributed by atoms with E-state index in [9.17, 15) is 4.39 Å². The number of nitrogens with zero attached hydrogens (tertiary/aromatic N) is 3. The zero-order valence-electron chi connectivity index (χ0n) is 12.8. The fourth-order valence-electron chi connectivity index (χ4n) is 2.34. The van der Waals surface area contributed by atoms with Crippen LogP contribution >= 0.6 is 11.8 Å². The summed E-state index contributed by atoms with van der Waals surface area (Å²) in [5, 5.41) is 0.763. The zero-order chi connectivity index (χ0) is 16.5. The minimum absolute atomic E-state index is 0.299. The zero-order valence-corrected chi connectivity index (χ0v) is 13.6. The van der Waals surface area contributed by atoms with E-state index in [1.54, 1.807) is 24.4 Å². The molecule has 4 aromatic rings. The van der Waals surface area contributed by atoms with Crippen LogP contribution in [0.3, 0.4) is 0 Å². The van der Waals surface area contributed by atoms with Crippen LogP contribution in [0.2, 0.25) is 0 Å². The first-order valence-corrected chi connectivity index (χ1v) is 8.34. The molecule has 4 rings (SSSR count). The lowest BCUT2D eigenvalue weighted by Gasteiger charge is -1.96. The molecule has 3 heterocycles. The number of H-pyrrole nitrogens is 1. The summed E-state index contributed by atoms with van der Waals surface area (Å²) in [6, 6.07) is 10.2. The van der Waals surface area contributed by atoms with Crippen molar-refractivity contribution in [2.75, 3.05) is 0 Å². The number of imidazole rings is 1. The molecule has 5 nitrogen and oxygen atoms in total. The topological polar surface area (TPSA) is 67.6 Å². The average molecular weight is 340 g/mol. The summed E-state index contributed by atoms with van der Waals surface area (Å²) in [5.41, 5.74) is 2.71. The van der Waals surface area contributed by atoms with Crippen molar-refractivity contribution in [1.82, 2.24) is 19.9 Å². The number of halogens is 1. The highest BCUT2D eigenvalue weighted by Crippen LogP contribution is 2.28. The fourth-order valence-corrected chi connectivity index (χ4v) is 3.21. The number of aromatic nitrogens is 4. The second-order valence-corrected chi connectivity index (χ2v) is 6.17. The Kier molecular flexibility index (Phi) is 3.78. The Morgan fingerprint density at radius 3 is 2.88 bits per heavy atom. The molecule has 0 radical (unpaired) electrons. The van der Waals surface area contributed by atoms with E-state index >= 15 is 0 Å². The molecule has 0 amide bonds. The van der Waals surface area contributed by atoms with Crippen LogP contribution in [0.5, 0.6) is 0 Å². The molecular formula is C17H13FN4OS. The van der Waals surface area contributed by atoms with Crippen LogP contribution in [-0.4, -0.2) is 19.9 Å². The number of fused-ring (bicyclic) bond motifs is 1. The number of benzene rings is 1. The van der Waals surface area contributed by atoms with Gasteiger partial charge in [0.25, 0.3) is 0 Å². The van der Waals surface area contributed by atoms with Crippen LogP contribution in [0.25, 0.3) is 22.6 Å². The number of hydrogen-bond acceptors (Lipinski definition) is 5. The maximum Gasteiger partial charge on any atom is 0.229 e. The van der Waals surface area contributed by atoms with E-state index < -0.39 is 0 Å². The van der Waals surface area contributed by atoms with Crippen LogP contribution < -0.4 is 0 Å². The Labute approximate surface area is 141 Å². The van der Waals surface area contributed by atoms with Crippen molar-refractivity contribution in [2.24, 2.45) is 0 Å². The maximum atomic E-state index is 13.9. The van der Waals surface area contributed by atoms with Crippen LogP contribution in [-0.2, 0) is 5.75 Å². The summed E-state index contributed by atoms with van der Waals surface area (Å²) in [6.45, 7) is 1.83. The van der Waals surface area contributed by atoms with Gasteiger partial charge >= 0.3 is 0 Å². The minimum Gasteiger partial charge on any atom is -0.441 e. The maximum absolute atomic E-state index is 13.9. The van der Waals surface area contributed by atoms with E-state index in [0.717, 1.165) is 16.4 Å². The van der Waals surface area contributed by atoms with Crippen molar-refractivity contribution in [3.05, 3.63) is 59.9 Å². The molecule has 1 N–H and O–H groups in total. The van der Waals surface area contributed by atoms with Gasteiger partial charge in [-0.25, -0.2) is 19.3 Å². The van der Waals surface area contributed by atoms with Gasteiger partial charge in [0, 0.05) is 11.9 Å². The second-order valence-electron chi connectivity index (χ2n) is 5.21. The van der Waals surface area contributed by atoms with Crippen molar-refractivity contribution in [3.63, 3.8) is 0 Å². The van der Waals surface area contributed by atoms with Gasteiger partial charge in [-0.1, -0.05) is 23.9 Å². The number of thioether (sulfide) groups is 1. The Morgan fingerprint density at radius 2 is 2.04 bits per heavy atom. The lowest BCUT2D eigenvalue weighted by atomic mass is 10.2. The Morgan fingerprint density at radius 1 is 1.17 bits per heavy atom. The molecule has 0 aliphatic heterocycles. The molecule has 0 saturated carbocycles. The number of rotatable bonds is 4. The third-order valence-corrected chi connectivity index (χ3v) is 4.46. The van der Waals surface area contributed by atoms with E-state index in [4.69, 9.17) is 4.42 Å². The third-order valence-electron chi connectivity index (χ3n) is 3.58. The van der Waals surface area contributed by atoms with Crippen molar-refractivity contribution < 1.29 is 8.81 Å². The predicted molar refractivity (Wildman–Crippen MR) is 90.1 cm³/mol. The van der Waals surface area contributed by atoms with Gasteiger partial charge in [0.15, 0.2) is 10.8 Å². The van der Waals surface area contributed by atoms with Crippen molar-refractivity contribution in [3.8, 4) is 11.5 Å². The molecule has 0 aliphatic rings. The highest BCUT2D eigenvalue weighted by atomic mass is 32.2. The van der Waals surface area contributed by atoms with Gasteiger partial charge in [-0.05, 0) is 31.2 Å². The minimum atomic E-state index is -0.346. The van der Waals surface area contributed by atoms with Crippen molar-refractivity contribution in [2.45, 2.75) is 17.8 Å². The van der Waals surface area contributed by atoms with Gasteiger partial charge in [-0.15, -0.1) is 0 Å². The second kappa shape index (κ2) is 6.09. The first kappa shape index (κ1) is 14.9. The van der Waals surface area contributed by atoms with E-state index in [1.807, 2.05) is 19.1 Å². The molecule has 3 aromatic heterocycles. The van der Waals surface area contributed by atoms with Gasteiger partial charge < -0.3 is 9.40 Å². The van der Waals surface area contributed by atoms with Crippen LogP contribution in [0.4, 0.5) is 4.39 Å². The highest BCUT2D eigenvalue weighted by Gasteiger charge is 2.15. The van der Waals surface area contributed by atoms with Crippen molar-refractivity contribution >= 4 is 22.9 Å². The first-order chi connectivity index (χ1) is 11.7. The third kappa shape index (κ3) is 2.78. The molecule has 1 aromatic carbocycles. The number of aromatic amines is 1. The van der Waals surface area contributed by atoms with Gasteiger partial charge in [-0.2, -0.15) is 0 Å². The molecule has 0 bridgehead atoms. The van der Waals surface area contributed by atoms with Gasteiger partial charge in [0.05, 0.1) is 16.8 Å². The molecule has 24 heavy (non-hydrogen) atoms. The van der Waals surface area contributed by atoms with E-state index in [1.165, 1.54) is 17.8 Å². The SMILES string of the molecule is Cc1oc(-c2ccccc2F)nc1CSc1nc2ncccc2[nH]1. The number of aryl methyl sites for hydroxylation is 1. The summed E-state index contributed by atoms with van der Waals surface area (Å²) in [5.74, 6) is 1.20. The number of nitrogens with one attached hydrogen (secondary N) is 1. The quantitative estimate of drug-likeness (QED) is 0.559. The van der Waals surface area contributed by atoms with Crippen molar-refractivity contribution in [1.29, 1.82) is 0 Å². The number of pyridine rings is 1. The molecule has 7 heteroatoms. The highest BCUT2D eigenvalue weighted by molar-refractivity contribution is 7.98. The molecule has 0 unspecified atom stereocenters. The first-order valence-electron chi connectivity index (χ1n) is 7.35. The molecule has 0 aliphatic carbocycles. The largest absolute Gasteiger partial charge is 0.441 e. The van der Waals surface area contributed by atoms with Gasteiger partial charge in [0.1, 0.15) is 11.6 Å². The summed E-state index contributed by atoms with van der Waals surface area (Å²) < 4.78 is 19.5. The molecule has 0 saturated heterocycles. The van der Waals surface area contributed by atoms with E-state index in [-0.39, 0.29) is 5.82 Å². The molecule has 120 valence electrons. The summed E-state index contributed by atoms with van der Waals surface area (Å²) in [6.07, 6.45) is 1.71. The van der Waals surface area contributed by atoms with Crippen LogP contribution in [0.15, 0.2) is 52.2 Å². The summed E-state index contributed by atoms with van der Waals surface area (Å²) >= 11 is 1.50. The van der Waals surface area contributed by atoms with Crippen LogP contribution in [0.1, 0.15) is 11.5 Å². The average Bonchev–Trinajstić information content (AvgIpc) is 3.16. The Bertz CT molecular complexity index is 978. The number of hydrogen-bond donors (Lipinski definition) is 1. The Hall–Kier alpha value is -2.67. The molecule has 0 atom stereocenters. The summed E-state index contributed by atoms with van der Waals surface area (Å²) in [4.78, 5) is 16.2. The Balaban J connectivity index is 1.56. The van der Waals surface area contributed by atoms with Gasteiger partial charge in [0.2, 0.25) is 5.89 Å². The smallest absolute Gasteiger partial charge is 0.229 e. The normalized spacial score (nSPS) is 11.2. The van der Waals surface area contributed by atoms with Crippen LogP contribution in [0, 0.1) is 12.7 Å². The number of oxazole rings is 1. The lowest BCUT2D eigenvalue weighted by Crippen LogP contribution is -1.87. The fraction of sp³-hybridized carbons (Fsp3) is 0.118. The summed E-state index contributed by atoms with van der Waals surface area (Å²) in [7, 11) is 0. The van der Waals surface area contributed by atoms with E-state index in [2.05, 4.69) is 19.9 Å². The molecule has 0 fully saturated rings. The molecular weight excluding hydrogens is 327 g/mol. The standard InChI is InChI=1S/C17H13FN4OS/c1-10-14(20-16(23-10)11-5-2-3-6-12(11)18)9-24-17-21-13-7-4-8-19-15(13)22-17/h2-8H,9H2,1H3,(H,19,21,22). The molecule has 0 spiro atoms.